The lowest BCUT2D eigenvalue weighted by atomic mass is 9.78. The molecule has 3 aliphatic heterocycles. The summed E-state index contributed by atoms with van der Waals surface area (Å²) >= 11 is 0. The molecule has 0 aliphatic carbocycles. The van der Waals surface area contributed by atoms with Crippen molar-refractivity contribution in [3.05, 3.63) is 52.5 Å². The molecule has 2 aromatic heterocycles. The van der Waals surface area contributed by atoms with E-state index in [0.717, 1.165) is 50.3 Å². The van der Waals surface area contributed by atoms with E-state index in [0.29, 0.717) is 25.0 Å². The molecule has 8 nitrogen and oxygen atoms in total. The van der Waals surface area contributed by atoms with Gasteiger partial charge < -0.3 is 19.6 Å². The Bertz CT molecular complexity index is 919. The van der Waals surface area contributed by atoms with Gasteiger partial charge in [0, 0.05) is 62.4 Å². The first-order valence-corrected chi connectivity index (χ1v) is 10.5. The molecule has 2 aromatic rings. The summed E-state index contributed by atoms with van der Waals surface area (Å²) in [5.41, 5.74) is 2.20. The second-order valence-electron chi connectivity index (χ2n) is 8.44. The molecule has 2 fully saturated rings. The molecule has 0 unspecified atom stereocenters. The van der Waals surface area contributed by atoms with Crippen molar-refractivity contribution in [1.82, 2.24) is 24.8 Å². The van der Waals surface area contributed by atoms with Crippen LogP contribution >= 0.6 is 0 Å². The van der Waals surface area contributed by atoms with Gasteiger partial charge in [0.1, 0.15) is 6.10 Å². The van der Waals surface area contributed by atoms with Crippen LogP contribution in [0.15, 0.2) is 35.5 Å². The summed E-state index contributed by atoms with van der Waals surface area (Å²) < 4.78 is 7.44. The quantitative estimate of drug-likeness (QED) is 0.786. The Morgan fingerprint density at radius 1 is 1.34 bits per heavy atom. The summed E-state index contributed by atoms with van der Waals surface area (Å²) in [6.07, 6.45) is 5.97. The number of carbonyl (C=O) groups is 1. The zero-order chi connectivity index (χ0) is 19.8. The number of nitrogens with one attached hydrogen (secondary N) is 2. The van der Waals surface area contributed by atoms with Gasteiger partial charge in [-0.1, -0.05) is 6.07 Å². The summed E-state index contributed by atoms with van der Waals surface area (Å²) in [5, 5.41) is 3.07. The highest BCUT2D eigenvalue weighted by Gasteiger charge is 2.40. The third kappa shape index (κ3) is 3.62. The number of aromatic amines is 1. The molecule has 0 spiro atoms. The first-order valence-electron chi connectivity index (χ1n) is 10.5. The first kappa shape index (κ1) is 18.6. The number of ether oxygens (including phenoxy) is 1. The van der Waals surface area contributed by atoms with Gasteiger partial charge in [-0.05, 0) is 31.2 Å². The Morgan fingerprint density at radius 2 is 2.28 bits per heavy atom. The van der Waals surface area contributed by atoms with Gasteiger partial charge >= 0.3 is 0 Å². The molecule has 2 bridgehead atoms. The zero-order valence-electron chi connectivity index (χ0n) is 16.4. The summed E-state index contributed by atoms with van der Waals surface area (Å²) in [5.74, 6) is 0.588. The van der Waals surface area contributed by atoms with Crippen molar-refractivity contribution in [1.29, 1.82) is 0 Å². The molecule has 2 N–H and O–H groups in total. The molecule has 0 aromatic carbocycles. The predicted octanol–water partition coefficient (Wildman–Crippen LogP) is 1.03. The van der Waals surface area contributed by atoms with Crippen molar-refractivity contribution in [3.63, 3.8) is 0 Å². The molecule has 0 saturated carbocycles. The van der Waals surface area contributed by atoms with Crippen LogP contribution in [-0.4, -0.2) is 57.7 Å². The minimum atomic E-state index is -0.346. The molecule has 154 valence electrons. The third-order valence-corrected chi connectivity index (χ3v) is 6.53. The van der Waals surface area contributed by atoms with Gasteiger partial charge in [-0.25, -0.2) is 4.98 Å². The molecule has 1 amide bonds. The van der Waals surface area contributed by atoms with Crippen molar-refractivity contribution in [2.24, 2.45) is 5.92 Å². The number of amides is 1. The number of aromatic nitrogens is 3. The summed E-state index contributed by atoms with van der Waals surface area (Å²) in [4.78, 5) is 35.0. The van der Waals surface area contributed by atoms with Crippen molar-refractivity contribution in [3.8, 4) is 0 Å². The number of nitrogens with zero attached hydrogens (tertiary/aromatic N) is 3. The van der Waals surface area contributed by atoms with Crippen molar-refractivity contribution in [2.45, 2.75) is 43.9 Å². The maximum absolute atomic E-state index is 12.7. The van der Waals surface area contributed by atoms with Crippen LogP contribution in [0.4, 0.5) is 0 Å². The van der Waals surface area contributed by atoms with Gasteiger partial charge in [-0.2, -0.15) is 0 Å². The molecular formula is C21H27N5O3. The van der Waals surface area contributed by atoms with Crippen LogP contribution in [-0.2, 0) is 16.1 Å². The molecule has 3 aliphatic rings. The highest BCUT2D eigenvalue weighted by Crippen LogP contribution is 2.41. The van der Waals surface area contributed by atoms with Crippen molar-refractivity contribution >= 4 is 5.91 Å². The molecule has 5 heterocycles. The monoisotopic (exact) mass is 397 g/mol. The number of fused-ring (bicyclic) bond motifs is 4. The predicted molar refractivity (Wildman–Crippen MR) is 106 cm³/mol. The van der Waals surface area contributed by atoms with Gasteiger partial charge in [0.25, 0.3) is 5.56 Å². The summed E-state index contributed by atoms with van der Waals surface area (Å²) in [6, 6.07) is 5.51. The molecule has 8 heteroatoms. The lowest BCUT2D eigenvalue weighted by Crippen LogP contribution is -2.52. The topological polar surface area (TPSA) is 92.3 Å². The van der Waals surface area contributed by atoms with E-state index in [1.165, 1.54) is 0 Å². The van der Waals surface area contributed by atoms with E-state index in [1.807, 2.05) is 16.8 Å². The number of rotatable bonds is 5. The Kier molecular flexibility index (Phi) is 4.97. The van der Waals surface area contributed by atoms with Crippen LogP contribution in [0.3, 0.4) is 0 Å². The zero-order valence-corrected chi connectivity index (χ0v) is 16.4. The lowest BCUT2D eigenvalue weighted by molar-refractivity contribution is -0.130. The van der Waals surface area contributed by atoms with E-state index in [4.69, 9.17) is 4.74 Å². The Labute approximate surface area is 169 Å². The van der Waals surface area contributed by atoms with E-state index >= 15 is 0 Å². The number of hydrogen-bond donors (Lipinski definition) is 2. The van der Waals surface area contributed by atoms with E-state index in [-0.39, 0.29) is 23.6 Å². The van der Waals surface area contributed by atoms with Crippen molar-refractivity contribution < 1.29 is 9.53 Å². The normalized spacial score (nSPS) is 28.8. The number of pyridine rings is 1. The molecule has 2 saturated heterocycles. The molecule has 5 rings (SSSR count). The van der Waals surface area contributed by atoms with Crippen LogP contribution in [0.25, 0.3) is 0 Å². The van der Waals surface area contributed by atoms with E-state index in [1.54, 1.807) is 12.4 Å². The standard InChI is InChI=1S/C21H27N5O3/c27-20-5-1-3-17-14-7-15(11-25(10-14)12-16-8-22-13-24-16)18(26(17)20)9-23-21(28)19-4-2-6-29-19/h1,3,5,8,13-15,18-19H,2,4,6-7,9-12H2,(H,22,24)(H,23,28)/t14-,15+,18+,19-/m1/s1. The number of piperidine rings is 1. The van der Waals surface area contributed by atoms with Crippen LogP contribution in [0.2, 0.25) is 0 Å². The number of H-pyrrole nitrogens is 1. The summed E-state index contributed by atoms with van der Waals surface area (Å²) in [6.45, 7) is 3.76. The Balaban J connectivity index is 1.38. The smallest absolute Gasteiger partial charge is 0.251 e. The molecule has 4 atom stereocenters. The Morgan fingerprint density at radius 3 is 3.07 bits per heavy atom. The van der Waals surface area contributed by atoms with E-state index < -0.39 is 0 Å². The average Bonchev–Trinajstić information content (AvgIpc) is 3.42. The average molecular weight is 397 g/mol. The number of imidazole rings is 1. The minimum absolute atomic E-state index is 0.0237. The van der Waals surface area contributed by atoms with Gasteiger partial charge in [-0.15, -0.1) is 0 Å². The van der Waals surface area contributed by atoms with Gasteiger partial charge in [-0.3, -0.25) is 14.5 Å². The van der Waals surface area contributed by atoms with Crippen LogP contribution < -0.4 is 10.9 Å². The summed E-state index contributed by atoms with van der Waals surface area (Å²) in [7, 11) is 0. The van der Waals surface area contributed by atoms with Crippen LogP contribution in [0, 0.1) is 5.92 Å². The molecule has 29 heavy (non-hydrogen) atoms. The molecule has 0 radical (unpaired) electrons. The number of likely N-dealkylation sites (tertiary alicyclic amines) is 1. The van der Waals surface area contributed by atoms with Gasteiger partial charge in [0.05, 0.1) is 12.4 Å². The van der Waals surface area contributed by atoms with E-state index in [2.05, 4.69) is 26.3 Å². The fourth-order valence-electron chi connectivity index (χ4n) is 5.24. The Hall–Kier alpha value is -2.45. The lowest BCUT2D eigenvalue weighted by Gasteiger charge is -2.47. The fraction of sp³-hybridized carbons (Fsp3) is 0.571. The van der Waals surface area contributed by atoms with Crippen molar-refractivity contribution in [2.75, 3.05) is 26.2 Å². The maximum atomic E-state index is 12.7. The van der Waals surface area contributed by atoms with Gasteiger partial charge in [0.2, 0.25) is 5.91 Å². The minimum Gasteiger partial charge on any atom is -0.368 e. The third-order valence-electron chi connectivity index (χ3n) is 6.53. The fourth-order valence-corrected chi connectivity index (χ4v) is 5.24. The maximum Gasteiger partial charge on any atom is 0.251 e. The van der Waals surface area contributed by atoms with E-state index in [9.17, 15) is 9.59 Å². The second-order valence-corrected chi connectivity index (χ2v) is 8.44. The largest absolute Gasteiger partial charge is 0.368 e. The number of hydrogen-bond acceptors (Lipinski definition) is 5. The highest BCUT2D eigenvalue weighted by atomic mass is 16.5. The van der Waals surface area contributed by atoms with Crippen LogP contribution in [0.5, 0.6) is 0 Å². The second kappa shape index (κ2) is 7.76. The van der Waals surface area contributed by atoms with Crippen LogP contribution in [0.1, 0.15) is 42.6 Å². The number of carbonyl (C=O) groups excluding carboxylic acids is 1. The SMILES string of the molecule is O=C(NC[C@H]1[C@H]2C[C@H](CN(Cc3cnc[nH]3)C2)c2cccc(=O)n21)[C@H]1CCCO1. The molecular weight excluding hydrogens is 370 g/mol. The highest BCUT2D eigenvalue weighted by molar-refractivity contribution is 5.80. The first-order chi connectivity index (χ1) is 14.2. The van der Waals surface area contributed by atoms with Gasteiger partial charge in [0.15, 0.2) is 0 Å².